The van der Waals surface area contributed by atoms with Crippen LogP contribution in [0.25, 0.3) is 11.3 Å². The van der Waals surface area contributed by atoms with E-state index in [4.69, 9.17) is 4.42 Å². The van der Waals surface area contributed by atoms with Gasteiger partial charge in [0.25, 0.3) is 0 Å². The fourth-order valence-electron chi connectivity index (χ4n) is 2.60. The highest BCUT2D eigenvalue weighted by Gasteiger charge is 2.13. The molecule has 0 unspecified atom stereocenters. The monoisotopic (exact) mass is 426 g/mol. The van der Waals surface area contributed by atoms with Crippen molar-refractivity contribution < 1.29 is 9.21 Å². The Balaban J connectivity index is 1.34. The van der Waals surface area contributed by atoms with Crippen molar-refractivity contribution in [1.29, 1.82) is 0 Å². The molecule has 3 heterocycles. The van der Waals surface area contributed by atoms with E-state index < -0.39 is 0 Å². The van der Waals surface area contributed by atoms with Gasteiger partial charge in [0, 0.05) is 10.9 Å². The van der Waals surface area contributed by atoms with Crippen LogP contribution in [0.2, 0.25) is 0 Å². The molecular formula is C19H18N6O2S2. The van der Waals surface area contributed by atoms with Crippen LogP contribution in [0, 0.1) is 13.8 Å². The summed E-state index contributed by atoms with van der Waals surface area (Å²) in [7, 11) is 0. The molecule has 0 spiro atoms. The maximum Gasteiger partial charge on any atom is 0.236 e. The summed E-state index contributed by atoms with van der Waals surface area (Å²) in [6.45, 7) is 4.56. The number of benzene rings is 1. The quantitative estimate of drug-likeness (QED) is 0.449. The minimum absolute atomic E-state index is 0.163. The standard InChI is InChI=1S/C19H18N6O2S2/c1-12-5-6-14(8-13(12)2)16-10-28-18(20-16)21-17(26)11-29-19-22-23-24-25(19)9-15-4-3-7-27-15/h3-8,10H,9,11H2,1-2H3,(H,20,21,26). The van der Waals surface area contributed by atoms with Crippen LogP contribution in [0.15, 0.2) is 51.5 Å². The zero-order valence-corrected chi connectivity index (χ0v) is 17.5. The molecule has 4 rings (SSSR count). The number of hydrogen-bond donors (Lipinski definition) is 1. The van der Waals surface area contributed by atoms with E-state index in [1.165, 1.54) is 34.2 Å². The average Bonchev–Trinajstić information content (AvgIpc) is 3.45. The van der Waals surface area contributed by atoms with E-state index in [0.717, 1.165) is 17.0 Å². The van der Waals surface area contributed by atoms with E-state index >= 15 is 0 Å². The fraction of sp³-hybridized carbons (Fsp3) is 0.211. The lowest BCUT2D eigenvalue weighted by Crippen LogP contribution is -2.14. The van der Waals surface area contributed by atoms with Gasteiger partial charge in [0.2, 0.25) is 11.1 Å². The Morgan fingerprint density at radius 3 is 2.97 bits per heavy atom. The first kappa shape index (κ1) is 19.3. The number of carbonyl (C=O) groups excluding carboxylic acids is 1. The third-order valence-electron chi connectivity index (χ3n) is 4.27. The highest BCUT2D eigenvalue weighted by Crippen LogP contribution is 2.26. The normalized spacial score (nSPS) is 11.0. The van der Waals surface area contributed by atoms with Crippen LogP contribution in [0.3, 0.4) is 0 Å². The Hall–Kier alpha value is -2.98. The molecule has 0 atom stereocenters. The van der Waals surface area contributed by atoms with Gasteiger partial charge in [-0.1, -0.05) is 23.9 Å². The van der Waals surface area contributed by atoms with Crippen LogP contribution in [0.1, 0.15) is 16.9 Å². The summed E-state index contributed by atoms with van der Waals surface area (Å²) in [5, 5.41) is 17.5. The number of nitrogens with zero attached hydrogens (tertiary/aromatic N) is 5. The molecule has 1 amide bonds. The van der Waals surface area contributed by atoms with Gasteiger partial charge in [0.15, 0.2) is 5.13 Å². The number of tetrazole rings is 1. The van der Waals surface area contributed by atoms with Crippen LogP contribution in [-0.2, 0) is 11.3 Å². The second-order valence-electron chi connectivity index (χ2n) is 6.37. The van der Waals surface area contributed by atoms with Crippen LogP contribution in [0.5, 0.6) is 0 Å². The molecule has 29 heavy (non-hydrogen) atoms. The Morgan fingerprint density at radius 2 is 2.17 bits per heavy atom. The first-order chi connectivity index (χ1) is 14.1. The van der Waals surface area contributed by atoms with Crippen LogP contribution in [0.4, 0.5) is 5.13 Å². The molecule has 0 aliphatic rings. The first-order valence-electron chi connectivity index (χ1n) is 8.83. The molecule has 1 aromatic carbocycles. The summed E-state index contributed by atoms with van der Waals surface area (Å²) in [4.78, 5) is 16.8. The van der Waals surface area contributed by atoms with Crippen molar-refractivity contribution in [2.45, 2.75) is 25.5 Å². The Labute approximate surface area is 175 Å². The summed E-state index contributed by atoms with van der Waals surface area (Å²) in [5.74, 6) is 0.755. The molecule has 0 bridgehead atoms. The third kappa shape index (κ3) is 4.72. The maximum atomic E-state index is 12.3. The summed E-state index contributed by atoms with van der Waals surface area (Å²) < 4.78 is 6.90. The Bertz CT molecular complexity index is 1120. The van der Waals surface area contributed by atoms with Gasteiger partial charge in [0.1, 0.15) is 12.3 Å². The molecule has 1 N–H and O–H groups in total. The van der Waals surface area contributed by atoms with Crippen molar-refractivity contribution >= 4 is 34.1 Å². The average molecular weight is 427 g/mol. The van der Waals surface area contributed by atoms with Gasteiger partial charge in [0.05, 0.1) is 17.7 Å². The fourth-order valence-corrected chi connectivity index (χ4v) is 4.01. The molecule has 3 aromatic heterocycles. The lowest BCUT2D eigenvalue weighted by atomic mass is 10.1. The SMILES string of the molecule is Cc1ccc(-c2csc(NC(=O)CSc3nnnn3Cc3ccco3)n2)cc1C. The number of aromatic nitrogens is 5. The number of thioether (sulfide) groups is 1. The van der Waals surface area contributed by atoms with Crippen molar-refractivity contribution in [2.75, 3.05) is 11.1 Å². The molecule has 148 valence electrons. The minimum Gasteiger partial charge on any atom is -0.467 e. The van der Waals surface area contributed by atoms with E-state index in [2.05, 4.69) is 51.8 Å². The molecule has 10 heteroatoms. The lowest BCUT2D eigenvalue weighted by Gasteiger charge is -2.03. The van der Waals surface area contributed by atoms with Crippen LogP contribution < -0.4 is 5.32 Å². The molecule has 0 aliphatic heterocycles. The van der Waals surface area contributed by atoms with E-state index in [1.807, 2.05) is 17.5 Å². The van der Waals surface area contributed by atoms with Crippen LogP contribution in [-0.4, -0.2) is 36.9 Å². The number of aryl methyl sites for hydroxylation is 2. The second kappa shape index (κ2) is 8.58. The number of carbonyl (C=O) groups is 1. The van der Waals surface area contributed by atoms with E-state index in [1.54, 1.807) is 17.0 Å². The van der Waals surface area contributed by atoms with Gasteiger partial charge in [-0.3, -0.25) is 4.79 Å². The minimum atomic E-state index is -0.163. The first-order valence-corrected chi connectivity index (χ1v) is 10.7. The Kier molecular flexibility index (Phi) is 5.72. The molecule has 0 fully saturated rings. The molecule has 8 nitrogen and oxygen atoms in total. The topological polar surface area (TPSA) is 98.7 Å². The van der Waals surface area contributed by atoms with Gasteiger partial charge >= 0.3 is 0 Å². The largest absolute Gasteiger partial charge is 0.467 e. The highest BCUT2D eigenvalue weighted by molar-refractivity contribution is 7.99. The number of rotatable bonds is 7. The number of anilines is 1. The number of amides is 1. The molecule has 0 radical (unpaired) electrons. The van der Waals surface area contributed by atoms with Crippen molar-refractivity contribution in [3.05, 3.63) is 58.9 Å². The number of hydrogen-bond acceptors (Lipinski definition) is 8. The lowest BCUT2D eigenvalue weighted by molar-refractivity contribution is -0.113. The van der Waals surface area contributed by atoms with E-state index in [0.29, 0.717) is 16.8 Å². The molecular weight excluding hydrogens is 408 g/mol. The third-order valence-corrected chi connectivity index (χ3v) is 5.99. The summed E-state index contributed by atoms with van der Waals surface area (Å²) in [6, 6.07) is 9.87. The predicted octanol–water partition coefficient (Wildman–Crippen LogP) is 3.79. The van der Waals surface area contributed by atoms with Crippen molar-refractivity contribution in [3.63, 3.8) is 0 Å². The van der Waals surface area contributed by atoms with Gasteiger partial charge in [-0.2, -0.15) is 0 Å². The number of thiazole rings is 1. The van der Waals surface area contributed by atoms with Crippen molar-refractivity contribution in [1.82, 2.24) is 25.2 Å². The molecule has 4 aromatic rings. The zero-order chi connectivity index (χ0) is 20.2. The van der Waals surface area contributed by atoms with Gasteiger partial charge in [-0.15, -0.1) is 16.4 Å². The smallest absolute Gasteiger partial charge is 0.236 e. The van der Waals surface area contributed by atoms with Crippen molar-refractivity contribution in [3.8, 4) is 11.3 Å². The molecule has 0 aliphatic carbocycles. The predicted molar refractivity (Wildman–Crippen MR) is 112 cm³/mol. The highest BCUT2D eigenvalue weighted by atomic mass is 32.2. The van der Waals surface area contributed by atoms with Crippen LogP contribution >= 0.6 is 23.1 Å². The Morgan fingerprint density at radius 1 is 1.28 bits per heavy atom. The van der Waals surface area contributed by atoms with Gasteiger partial charge < -0.3 is 9.73 Å². The summed E-state index contributed by atoms with van der Waals surface area (Å²) >= 11 is 2.66. The zero-order valence-electron chi connectivity index (χ0n) is 15.8. The van der Waals surface area contributed by atoms with Gasteiger partial charge in [-0.25, -0.2) is 9.67 Å². The van der Waals surface area contributed by atoms with Gasteiger partial charge in [-0.05, 0) is 53.6 Å². The second-order valence-corrected chi connectivity index (χ2v) is 8.17. The summed E-state index contributed by atoms with van der Waals surface area (Å²) in [6.07, 6.45) is 1.60. The number of nitrogens with one attached hydrogen (secondary N) is 1. The molecule has 0 saturated carbocycles. The van der Waals surface area contributed by atoms with E-state index in [-0.39, 0.29) is 11.7 Å². The van der Waals surface area contributed by atoms with E-state index in [9.17, 15) is 4.79 Å². The summed E-state index contributed by atoms with van der Waals surface area (Å²) in [5.41, 5.74) is 4.34. The molecule has 0 saturated heterocycles. The maximum absolute atomic E-state index is 12.3. The van der Waals surface area contributed by atoms with Crippen molar-refractivity contribution in [2.24, 2.45) is 0 Å². The number of furan rings is 1.